The lowest BCUT2D eigenvalue weighted by atomic mass is 10.0. The molecule has 1 fully saturated rings. The minimum Gasteiger partial charge on any atom is -0.494 e. The summed E-state index contributed by atoms with van der Waals surface area (Å²) < 4.78 is 5.17. The number of aromatic nitrogens is 1. The third-order valence-electron chi connectivity index (χ3n) is 3.53. The van der Waals surface area contributed by atoms with Crippen LogP contribution in [-0.4, -0.2) is 18.0 Å². The molecule has 0 aliphatic heterocycles. The van der Waals surface area contributed by atoms with Gasteiger partial charge in [-0.1, -0.05) is 25.7 Å². The van der Waals surface area contributed by atoms with E-state index in [4.69, 9.17) is 4.74 Å². The molecule has 1 aromatic rings. The van der Waals surface area contributed by atoms with Gasteiger partial charge in [0, 0.05) is 18.7 Å². The standard InChI is InChI=1S/C14H20N2O2/c1-18-13-8-9-15-10-12(13)16-14(17)7-6-11-4-2-3-5-11/h8-11H,2-7H2,1H3,(H,16,17). The van der Waals surface area contributed by atoms with E-state index in [2.05, 4.69) is 10.3 Å². The Hall–Kier alpha value is -1.58. The maximum absolute atomic E-state index is 11.8. The number of nitrogens with zero attached hydrogens (tertiary/aromatic N) is 1. The van der Waals surface area contributed by atoms with Crippen LogP contribution in [0.4, 0.5) is 5.69 Å². The van der Waals surface area contributed by atoms with Crippen molar-refractivity contribution in [2.24, 2.45) is 5.92 Å². The minimum absolute atomic E-state index is 0.0493. The van der Waals surface area contributed by atoms with Crippen molar-refractivity contribution in [1.29, 1.82) is 0 Å². The van der Waals surface area contributed by atoms with Crippen LogP contribution in [0, 0.1) is 5.92 Å². The zero-order chi connectivity index (χ0) is 12.8. The van der Waals surface area contributed by atoms with Crippen LogP contribution in [0.2, 0.25) is 0 Å². The van der Waals surface area contributed by atoms with Crippen molar-refractivity contribution in [2.75, 3.05) is 12.4 Å². The molecule has 0 atom stereocenters. The van der Waals surface area contributed by atoms with Gasteiger partial charge in [0.25, 0.3) is 0 Å². The molecule has 0 aromatic carbocycles. The van der Waals surface area contributed by atoms with Gasteiger partial charge in [-0.25, -0.2) is 0 Å². The summed E-state index contributed by atoms with van der Waals surface area (Å²) >= 11 is 0. The Morgan fingerprint density at radius 2 is 2.28 bits per heavy atom. The normalized spacial score (nSPS) is 15.6. The van der Waals surface area contributed by atoms with Gasteiger partial charge in [-0.05, 0) is 12.3 Å². The van der Waals surface area contributed by atoms with E-state index < -0.39 is 0 Å². The topological polar surface area (TPSA) is 51.2 Å². The molecule has 2 rings (SSSR count). The summed E-state index contributed by atoms with van der Waals surface area (Å²) in [5.41, 5.74) is 0.649. The molecule has 1 aliphatic rings. The van der Waals surface area contributed by atoms with Crippen molar-refractivity contribution < 1.29 is 9.53 Å². The van der Waals surface area contributed by atoms with Gasteiger partial charge in [0.1, 0.15) is 11.4 Å². The number of nitrogens with one attached hydrogen (secondary N) is 1. The number of carbonyl (C=O) groups excluding carboxylic acids is 1. The van der Waals surface area contributed by atoms with Crippen molar-refractivity contribution in [3.63, 3.8) is 0 Å². The Morgan fingerprint density at radius 1 is 1.50 bits per heavy atom. The molecule has 0 radical (unpaired) electrons. The first-order chi connectivity index (χ1) is 8.79. The highest BCUT2D eigenvalue weighted by Gasteiger charge is 2.16. The van der Waals surface area contributed by atoms with E-state index in [1.54, 1.807) is 25.6 Å². The van der Waals surface area contributed by atoms with Crippen LogP contribution in [0.5, 0.6) is 5.75 Å². The van der Waals surface area contributed by atoms with Crippen LogP contribution in [0.25, 0.3) is 0 Å². The zero-order valence-corrected chi connectivity index (χ0v) is 10.8. The Kier molecular flexibility index (Phi) is 4.56. The van der Waals surface area contributed by atoms with Gasteiger partial charge in [0.2, 0.25) is 5.91 Å². The molecule has 4 heteroatoms. The van der Waals surface area contributed by atoms with Gasteiger partial charge in [-0.3, -0.25) is 9.78 Å². The Morgan fingerprint density at radius 3 is 3.00 bits per heavy atom. The van der Waals surface area contributed by atoms with Crippen LogP contribution in [-0.2, 0) is 4.79 Å². The molecule has 98 valence electrons. The fourth-order valence-electron chi connectivity index (χ4n) is 2.50. The largest absolute Gasteiger partial charge is 0.494 e. The SMILES string of the molecule is COc1ccncc1NC(=O)CCC1CCCC1. The lowest BCUT2D eigenvalue weighted by Gasteiger charge is -2.11. The Balaban J connectivity index is 1.82. The molecular weight excluding hydrogens is 228 g/mol. The lowest BCUT2D eigenvalue weighted by Crippen LogP contribution is -2.13. The lowest BCUT2D eigenvalue weighted by molar-refractivity contribution is -0.116. The first kappa shape index (κ1) is 12.9. The van der Waals surface area contributed by atoms with E-state index in [9.17, 15) is 4.79 Å². The number of rotatable bonds is 5. The zero-order valence-electron chi connectivity index (χ0n) is 10.8. The summed E-state index contributed by atoms with van der Waals surface area (Å²) in [5, 5.41) is 2.86. The van der Waals surface area contributed by atoms with Gasteiger partial charge >= 0.3 is 0 Å². The summed E-state index contributed by atoms with van der Waals surface area (Å²) in [5.74, 6) is 1.44. The van der Waals surface area contributed by atoms with Gasteiger partial charge in [-0.15, -0.1) is 0 Å². The van der Waals surface area contributed by atoms with Crippen molar-refractivity contribution in [3.8, 4) is 5.75 Å². The van der Waals surface area contributed by atoms with Crippen molar-refractivity contribution >= 4 is 11.6 Å². The van der Waals surface area contributed by atoms with Crippen LogP contribution in [0.1, 0.15) is 38.5 Å². The summed E-state index contributed by atoms with van der Waals surface area (Å²) in [6.45, 7) is 0. The maximum Gasteiger partial charge on any atom is 0.224 e. The van der Waals surface area contributed by atoms with Gasteiger partial charge in [0.05, 0.1) is 13.3 Å². The highest BCUT2D eigenvalue weighted by atomic mass is 16.5. The summed E-state index contributed by atoms with van der Waals surface area (Å²) in [4.78, 5) is 15.8. The minimum atomic E-state index is 0.0493. The predicted molar refractivity (Wildman–Crippen MR) is 70.6 cm³/mol. The van der Waals surface area contributed by atoms with E-state index in [1.165, 1.54) is 25.7 Å². The van der Waals surface area contributed by atoms with Crippen molar-refractivity contribution in [3.05, 3.63) is 18.5 Å². The maximum atomic E-state index is 11.8. The molecule has 4 nitrogen and oxygen atoms in total. The van der Waals surface area contributed by atoms with Crippen molar-refractivity contribution in [1.82, 2.24) is 4.98 Å². The first-order valence-corrected chi connectivity index (χ1v) is 6.57. The van der Waals surface area contributed by atoms with Crippen LogP contribution < -0.4 is 10.1 Å². The van der Waals surface area contributed by atoms with E-state index in [-0.39, 0.29) is 5.91 Å². The summed E-state index contributed by atoms with van der Waals surface area (Å²) in [7, 11) is 1.59. The van der Waals surface area contributed by atoms with Crippen molar-refractivity contribution in [2.45, 2.75) is 38.5 Å². The quantitative estimate of drug-likeness (QED) is 0.871. The molecule has 0 saturated heterocycles. The molecule has 0 unspecified atom stereocenters. The summed E-state index contributed by atoms with van der Waals surface area (Å²) in [6.07, 6.45) is 10.1. The van der Waals surface area contributed by atoms with Crippen LogP contribution >= 0.6 is 0 Å². The second kappa shape index (κ2) is 6.38. The third-order valence-corrected chi connectivity index (χ3v) is 3.53. The third kappa shape index (κ3) is 3.45. The highest BCUT2D eigenvalue weighted by molar-refractivity contribution is 5.91. The fourth-order valence-corrected chi connectivity index (χ4v) is 2.50. The fraction of sp³-hybridized carbons (Fsp3) is 0.571. The molecule has 18 heavy (non-hydrogen) atoms. The average molecular weight is 248 g/mol. The number of methoxy groups -OCH3 is 1. The molecule has 1 heterocycles. The highest BCUT2D eigenvalue weighted by Crippen LogP contribution is 2.29. The molecule has 1 saturated carbocycles. The molecule has 1 aromatic heterocycles. The number of amides is 1. The number of hydrogen-bond acceptors (Lipinski definition) is 3. The van der Waals surface area contributed by atoms with E-state index in [1.807, 2.05) is 0 Å². The van der Waals surface area contributed by atoms with Gasteiger partial charge in [0.15, 0.2) is 0 Å². The summed E-state index contributed by atoms with van der Waals surface area (Å²) in [6, 6.07) is 1.74. The average Bonchev–Trinajstić information content (AvgIpc) is 2.90. The Labute approximate surface area is 108 Å². The molecule has 0 spiro atoms. The smallest absolute Gasteiger partial charge is 0.224 e. The van der Waals surface area contributed by atoms with E-state index in [0.717, 1.165) is 12.3 Å². The second-order valence-corrected chi connectivity index (χ2v) is 4.81. The molecular formula is C14H20N2O2. The molecule has 1 amide bonds. The number of carbonyl (C=O) groups is 1. The van der Waals surface area contributed by atoms with E-state index >= 15 is 0 Å². The number of anilines is 1. The number of hydrogen-bond donors (Lipinski definition) is 1. The van der Waals surface area contributed by atoms with Crippen LogP contribution in [0.15, 0.2) is 18.5 Å². The second-order valence-electron chi connectivity index (χ2n) is 4.81. The monoisotopic (exact) mass is 248 g/mol. The van der Waals surface area contributed by atoms with E-state index in [0.29, 0.717) is 17.9 Å². The van der Waals surface area contributed by atoms with Gasteiger partial charge in [-0.2, -0.15) is 0 Å². The molecule has 1 aliphatic carbocycles. The Bertz CT molecular complexity index is 401. The molecule has 1 N–H and O–H groups in total. The number of pyridine rings is 1. The van der Waals surface area contributed by atoms with Gasteiger partial charge < -0.3 is 10.1 Å². The predicted octanol–water partition coefficient (Wildman–Crippen LogP) is 3.00. The first-order valence-electron chi connectivity index (χ1n) is 6.57. The van der Waals surface area contributed by atoms with Crippen LogP contribution in [0.3, 0.4) is 0 Å². The molecule has 0 bridgehead atoms. The number of ether oxygens (including phenoxy) is 1.